The molecule has 0 radical (unpaired) electrons. The molecule has 0 spiro atoms. The van der Waals surface area contributed by atoms with Crippen LogP contribution in [0.5, 0.6) is 0 Å². The number of aromatic nitrogens is 1. The van der Waals surface area contributed by atoms with Gasteiger partial charge in [0.1, 0.15) is 5.54 Å². The molecule has 2 aromatic rings. The van der Waals surface area contributed by atoms with Crippen LogP contribution >= 0.6 is 0 Å². The molecule has 3 aliphatic heterocycles. The predicted octanol–water partition coefficient (Wildman–Crippen LogP) is 3.66. The second-order valence-corrected chi connectivity index (χ2v) is 11.1. The Balaban J connectivity index is 1.29. The van der Waals surface area contributed by atoms with E-state index in [0.717, 1.165) is 55.6 Å². The average Bonchev–Trinajstić information content (AvgIpc) is 3.37. The van der Waals surface area contributed by atoms with Crippen molar-refractivity contribution in [2.75, 3.05) is 46.4 Å². The van der Waals surface area contributed by atoms with Gasteiger partial charge in [0.05, 0.1) is 0 Å². The maximum atomic E-state index is 14.0. The van der Waals surface area contributed by atoms with E-state index in [0.29, 0.717) is 24.7 Å². The summed E-state index contributed by atoms with van der Waals surface area (Å²) in [5.74, 6) is 1.44. The van der Waals surface area contributed by atoms with Gasteiger partial charge in [-0.1, -0.05) is 6.07 Å². The molecule has 1 aromatic heterocycles. The van der Waals surface area contributed by atoms with Crippen LogP contribution in [0.3, 0.4) is 0 Å². The Morgan fingerprint density at radius 1 is 0.971 bits per heavy atom. The highest BCUT2D eigenvalue weighted by Crippen LogP contribution is 2.35. The minimum atomic E-state index is -0.939. The fraction of sp³-hybridized carbons (Fsp3) is 0.643. The van der Waals surface area contributed by atoms with E-state index < -0.39 is 5.54 Å². The Labute approximate surface area is 208 Å². The number of likely N-dealkylation sites (tertiary alicyclic amines) is 2. The monoisotopic (exact) mass is 480 g/mol. The highest BCUT2D eigenvalue weighted by Gasteiger charge is 2.46. The van der Waals surface area contributed by atoms with Gasteiger partial charge in [0, 0.05) is 43.6 Å². The summed E-state index contributed by atoms with van der Waals surface area (Å²) in [6.45, 7) is 7.17. The van der Waals surface area contributed by atoms with E-state index in [4.69, 9.17) is 4.74 Å². The Bertz CT molecular complexity index is 1030. The summed E-state index contributed by atoms with van der Waals surface area (Å²) in [6, 6.07) is 7.64. The van der Waals surface area contributed by atoms with Crippen molar-refractivity contribution in [1.29, 1.82) is 0 Å². The number of carbonyl (C=O) groups is 2. The number of H-pyrrole nitrogens is 1. The molecule has 0 unspecified atom stereocenters. The van der Waals surface area contributed by atoms with E-state index in [1.165, 1.54) is 25.9 Å². The number of ether oxygens (including phenoxy) is 1. The van der Waals surface area contributed by atoms with E-state index in [1.807, 2.05) is 42.3 Å². The highest BCUT2D eigenvalue weighted by molar-refractivity contribution is 6.01. The minimum absolute atomic E-state index is 0.0634. The van der Waals surface area contributed by atoms with Crippen LogP contribution in [0.2, 0.25) is 0 Å². The molecule has 0 bridgehead atoms. The van der Waals surface area contributed by atoms with Gasteiger partial charge in [-0.15, -0.1) is 0 Å². The molecule has 5 rings (SSSR count). The van der Waals surface area contributed by atoms with Crippen LogP contribution < -0.4 is 5.32 Å². The first kappa shape index (κ1) is 24.3. The van der Waals surface area contributed by atoms with Gasteiger partial charge in [-0.05, 0) is 107 Å². The molecule has 1 aromatic carbocycles. The van der Waals surface area contributed by atoms with E-state index >= 15 is 0 Å². The molecule has 0 aliphatic carbocycles. The molecule has 3 saturated heterocycles. The standard InChI is InChI=1S/C28H40N4O3/c1-28(24-10-17-35-18-11-24,30-26(33)23-4-3-22-5-12-29-25(22)19-23)27(34)32-15-8-21(9-16-32)20-6-13-31(2)14-7-20/h3-5,12,19-21,24,29H,6-11,13-18H2,1-2H3,(H,30,33)/t28-/m1/s1. The number of benzene rings is 1. The normalized spacial score (nSPS) is 23.3. The van der Waals surface area contributed by atoms with Crippen molar-refractivity contribution in [2.24, 2.45) is 17.8 Å². The third-order valence-corrected chi connectivity index (χ3v) is 8.93. The van der Waals surface area contributed by atoms with Crippen molar-refractivity contribution in [1.82, 2.24) is 20.1 Å². The Hall–Kier alpha value is -2.38. The zero-order valence-electron chi connectivity index (χ0n) is 21.2. The fourth-order valence-electron chi connectivity index (χ4n) is 6.50. The van der Waals surface area contributed by atoms with Crippen LogP contribution in [-0.4, -0.2) is 78.6 Å². The third kappa shape index (κ3) is 5.12. The molecule has 1 atom stereocenters. The molecule has 2 amide bonds. The first-order valence-electron chi connectivity index (χ1n) is 13.4. The van der Waals surface area contributed by atoms with Gasteiger partial charge in [-0.3, -0.25) is 9.59 Å². The number of carbonyl (C=O) groups excluding carboxylic acids is 2. The molecule has 4 heterocycles. The summed E-state index contributed by atoms with van der Waals surface area (Å²) in [5.41, 5.74) is 0.561. The molecular weight excluding hydrogens is 440 g/mol. The Morgan fingerprint density at radius 3 is 2.31 bits per heavy atom. The second kappa shape index (κ2) is 10.3. The Morgan fingerprint density at radius 2 is 1.63 bits per heavy atom. The van der Waals surface area contributed by atoms with Crippen molar-refractivity contribution in [2.45, 2.75) is 51.0 Å². The van der Waals surface area contributed by atoms with Crippen LogP contribution in [0.4, 0.5) is 0 Å². The number of hydrogen-bond acceptors (Lipinski definition) is 4. The lowest BCUT2D eigenvalue weighted by Crippen LogP contribution is -2.63. The summed E-state index contributed by atoms with van der Waals surface area (Å²) in [4.78, 5) is 35.1. The average molecular weight is 481 g/mol. The van der Waals surface area contributed by atoms with Crippen molar-refractivity contribution >= 4 is 22.7 Å². The molecule has 3 aliphatic rings. The van der Waals surface area contributed by atoms with Crippen LogP contribution in [0.1, 0.15) is 55.8 Å². The SMILES string of the molecule is CN1CCC(C2CCN(C(=O)[C@](C)(NC(=O)c3ccc4cc[nH]c4c3)C3CCOCC3)CC2)CC1. The van der Waals surface area contributed by atoms with Crippen molar-refractivity contribution in [3.8, 4) is 0 Å². The molecule has 7 heteroatoms. The number of nitrogens with one attached hydrogen (secondary N) is 2. The number of aromatic amines is 1. The summed E-state index contributed by atoms with van der Waals surface area (Å²) in [7, 11) is 2.21. The van der Waals surface area contributed by atoms with Gasteiger partial charge in [-0.25, -0.2) is 0 Å². The lowest BCUT2D eigenvalue weighted by atomic mass is 9.76. The zero-order chi connectivity index (χ0) is 24.4. The maximum absolute atomic E-state index is 14.0. The van der Waals surface area contributed by atoms with Crippen molar-refractivity contribution in [3.05, 3.63) is 36.0 Å². The number of fused-ring (bicyclic) bond motifs is 1. The molecular formula is C28H40N4O3. The first-order chi connectivity index (χ1) is 16.9. The van der Waals surface area contributed by atoms with Gasteiger partial charge in [0.2, 0.25) is 5.91 Å². The van der Waals surface area contributed by atoms with Crippen LogP contribution in [0.15, 0.2) is 30.5 Å². The van der Waals surface area contributed by atoms with Gasteiger partial charge in [-0.2, -0.15) is 0 Å². The molecule has 3 fully saturated rings. The van der Waals surface area contributed by atoms with Crippen molar-refractivity contribution in [3.63, 3.8) is 0 Å². The van der Waals surface area contributed by atoms with Crippen molar-refractivity contribution < 1.29 is 14.3 Å². The fourth-order valence-corrected chi connectivity index (χ4v) is 6.50. The predicted molar refractivity (Wildman–Crippen MR) is 137 cm³/mol. The molecule has 0 saturated carbocycles. The summed E-state index contributed by atoms with van der Waals surface area (Å²) >= 11 is 0. The molecule has 190 valence electrons. The first-order valence-corrected chi connectivity index (χ1v) is 13.4. The second-order valence-electron chi connectivity index (χ2n) is 11.1. The van der Waals surface area contributed by atoms with E-state index in [2.05, 4.69) is 22.2 Å². The molecule has 7 nitrogen and oxygen atoms in total. The van der Waals surface area contributed by atoms with E-state index in [9.17, 15) is 9.59 Å². The van der Waals surface area contributed by atoms with Crippen LogP contribution in [0, 0.1) is 17.8 Å². The van der Waals surface area contributed by atoms with Gasteiger partial charge in [0.25, 0.3) is 5.91 Å². The maximum Gasteiger partial charge on any atom is 0.252 e. The zero-order valence-corrected chi connectivity index (χ0v) is 21.2. The van der Waals surface area contributed by atoms with Crippen LogP contribution in [0.25, 0.3) is 10.9 Å². The molecule has 2 N–H and O–H groups in total. The van der Waals surface area contributed by atoms with Gasteiger partial charge < -0.3 is 24.8 Å². The number of hydrogen-bond donors (Lipinski definition) is 2. The third-order valence-electron chi connectivity index (χ3n) is 8.93. The van der Waals surface area contributed by atoms with Gasteiger partial charge in [0.15, 0.2) is 0 Å². The van der Waals surface area contributed by atoms with E-state index in [1.54, 1.807) is 0 Å². The minimum Gasteiger partial charge on any atom is -0.381 e. The largest absolute Gasteiger partial charge is 0.381 e. The van der Waals surface area contributed by atoms with Gasteiger partial charge >= 0.3 is 0 Å². The Kier molecular flexibility index (Phi) is 7.17. The molecule has 35 heavy (non-hydrogen) atoms. The smallest absolute Gasteiger partial charge is 0.252 e. The summed E-state index contributed by atoms with van der Waals surface area (Å²) in [5, 5.41) is 4.27. The highest BCUT2D eigenvalue weighted by atomic mass is 16.5. The number of piperidine rings is 2. The lowest BCUT2D eigenvalue weighted by Gasteiger charge is -2.45. The number of nitrogens with zero attached hydrogens (tertiary/aromatic N) is 2. The summed E-state index contributed by atoms with van der Waals surface area (Å²) < 4.78 is 5.59. The topological polar surface area (TPSA) is 77.7 Å². The van der Waals surface area contributed by atoms with E-state index in [-0.39, 0.29) is 17.7 Å². The lowest BCUT2D eigenvalue weighted by molar-refractivity contribution is -0.143. The quantitative estimate of drug-likeness (QED) is 0.685. The number of rotatable bonds is 5. The summed E-state index contributed by atoms with van der Waals surface area (Å²) in [6.07, 6.45) is 8.13. The number of amides is 2. The van der Waals surface area contributed by atoms with Crippen LogP contribution in [-0.2, 0) is 9.53 Å².